The Morgan fingerprint density at radius 3 is 2.66 bits per heavy atom. The predicted octanol–water partition coefficient (Wildman–Crippen LogP) is 2.48. The highest BCUT2D eigenvalue weighted by molar-refractivity contribution is 8.00. The molecule has 2 aromatic rings. The SMILES string of the molecule is C=CCn1c(S[C@@H](C(=O)NC2CC2)c2ccccc2)nnc1[C@@H]1CCS(=O)(=O)C1. The van der Waals surface area contributed by atoms with Gasteiger partial charge in [0.2, 0.25) is 5.91 Å². The van der Waals surface area contributed by atoms with Crippen molar-refractivity contribution < 1.29 is 13.2 Å². The van der Waals surface area contributed by atoms with Crippen molar-refractivity contribution in [1.82, 2.24) is 20.1 Å². The highest BCUT2D eigenvalue weighted by Gasteiger charge is 2.35. The molecule has 1 aliphatic carbocycles. The van der Waals surface area contributed by atoms with Gasteiger partial charge in [-0.15, -0.1) is 16.8 Å². The van der Waals surface area contributed by atoms with Crippen molar-refractivity contribution in [2.45, 2.75) is 48.2 Å². The van der Waals surface area contributed by atoms with Gasteiger partial charge in [0, 0.05) is 18.5 Å². The van der Waals surface area contributed by atoms with Crippen molar-refractivity contribution in [2.75, 3.05) is 11.5 Å². The molecule has 9 heteroatoms. The van der Waals surface area contributed by atoms with Gasteiger partial charge < -0.3 is 9.88 Å². The van der Waals surface area contributed by atoms with Crippen LogP contribution in [0.25, 0.3) is 0 Å². The monoisotopic (exact) mass is 432 g/mol. The number of carbonyl (C=O) groups is 1. The number of thioether (sulfide) groups is 1. The molecule has 0 radical (unpaired) electrons. The van der Waals surface area contributed by atoms with E-state index < -0.39 is 15.1 Å². The first-order valence-corrected chi connectivity index (χ1v) is 12.4. The van der Waals surface area contributed by atoms with Gasteiger partial charge in [-0.3, -0.25) is 4.79 Å². The minimum absolute atomic E-state index is 0.0400. The molecule has 2 aliphatic rings. The fraction of sp³-hybridized carbons (Fsp3) is 0.450. The minimum Gasteiger partial charge on any atom is -0.352 e. The number of sulfone groups is 1. The molecule has 29 heavy (non-hydrogen) atoms. The Balaban J connectivity index is 1.63. The van der Waals surface area contributed by atoms with Crippen LogP contribution in [0.5, 0.6) is 0 Å². The lowest BCUT2D eigenvalue weighted by Gasteiger charge is -2.17. The maximum atomic E-state index is 12.9. The Morgan fingerprint density at radius 1 is 1.28 bits per heavy atom. The first-order chi connectivity index (χ1) is 14.0. The summed E-state index contributed by atoms with van der Waals surface area (Å²) in [4.78, 5) is 12.9. The van der Waals surface area contributed by atoms with Crippen LogP contribution in [0.2, 0.25) is 0 Å². The van der Waals surface area contributed by atoms with Gasteiger partial charge in [0.15, 0.2) is 15.0 Å². The number of amides is 1. The van der Waals surface area contributed by atoms with E-state index in [1.54, 1.807) is 6.08 Å². The third-order valence-corrected chi connectivity index (χ3v) is 8.14. The maximum Gasteiger partial charge on any atom is 0.238 e. The summed E-state index contributed by atoms with van der Waals surface area (Å²) in [5, 5.41) is 11.9. The second-order valence-electron chi connectivity index (χ2n) is 7.53. The highest BCUT2D eigenvalue weighted by Crippen LogP contribution is 2.37. The molecule has 1 aromatic heterocycles. The molecule has 7 nitrogen and oxygen atoms in total. The van der Waals surface area contributed by atoms with Gasteiger partial charge >= 0.3 is 0 Å². The number of nitrogens with zero attached hydrogens (tertiary/aromatic N) is 3. The summed E-state index contributed by atoms with van der Waals surface area (Å²) in [6.45, 7) is 4.28. The number of hydrogen-bond acceptors (Lipinski definition) is 6. The van der Waals surface area contributed by atoms with Crippen LogP contribution in [0.1, 0.15) is 41.8 Å². The van der Waals surface area contributed by atoms with E-state index in [9.17, 15) is 13.2 Å². The lowest BCUT2D eigenvalue weighted by Crippen LogP contribution is -2.30. The first kappa shape index (κ1) is 20.2. The lowest BCUT2D eigenvalue weighted by atomic mass is 10.1. The number of nitrogens with one attached hydrogen (secondary N) is 1. The van der Waals surface area contributed by atoms with Gasteiger partial charge in [-0.25, -0.2) is 8.42 Å². The van der Waals surface area contributed by atoms with Crippen LogP contribution >= 0.6 is 11.8 Å². The Morgan fingerprint density at radius 2 is 2.03 bits per heavy atom. The van der Waals surface area contributed by atoms with Gasteiger partial charge in [0.05, 0.1) is 11.5 Å². The van der Waals surface area contributed by atoms with Crippen LogP contribution in [-0.4, -0.2) is 46.6 Å². The number of allylic oxidation sites excluding steroid dienone is 1. The standard InChI is InChI=1S/C20H24N4O3S2/c1-2-11-24-18(15-10-12-29(26,27)13-15)22-23-20(24)28-17(14-6-4-3-5-7-14)19(25)21-16-8-9-16/h2-7,15-17H,1,8-13H2,(H,21,25)/t15-,17-/m1/s1. The molecule has 2 fully saturated rings. The maximum absolute atomic E-state index is 12.9. The predicted molar refractivity (Wildman–Crippen MR) is 112 cm³/mol. The third-order valence-electron chi connectivity index (χ3n) is 5.14. The van der Waals surface area contributed by atoms with Crippen molar-refractivity contribution >= 4 is 27.5 Å². The molecule has 0 unspecified atom stereocenters. The van der Waals surface area contributed by atoms with Gasteiger partial charge in [0.1, 0.15) is 11.1 Å². The largest absolute Gasteiger partial charge is 0.352 e. The smallest absolute Gasteiger partial charge is 0.238 e. The van der Waals surface area contributed by atoms with Crippen molar-refractivity contribution in [3.8, 4) is 0 Å². The second-order valence-corrected chi connectivity index (χ2v) is 10.8. The van der Waals surface area contributed by atoms with E-state index in [0.717, 1.165) is 18.4 Å². The van der Waals surface area contributed by atoms with Gasteiger partial charge in [0.25, 0.3) is 0 Å². The Hall–Kier alpha value is -2.13. The van der Waals surface area contributed by atoms with E-state index in [1.807, 2.05) is 34.9 Å². The highest BCUT2D eigenvalue weighted by atomic mass is 32.2. The first-order valence-electron chi connectivity index (χ1n) is 9.73. The lowest BCUT2D eigenvalue weighted by molar-refractivity contribution is -0.120. The van der Waals surface area contributed by atoms with E-state index in [1.165, 1.54) is 11.8 Å². The van der Waals surface area contributed by atoms with Crippen molar-refractivity contribution in [2.24, 2.45) is 0 Å². The number of hydrogen-bond donors (Lipinski definition) is 1. The van der Waals surface area contributed by atoms with E-state index in [2.05, 4.69) is 22.1 Å². The Labute approximate surface area is 174 Å². The molecule has 0 spiro atoms. The molecule has 1 aliphatic heterocycles. The van der Waals surface area contributed by atoms with Crippen molar-refractivity contribution in [3.05, 3.63) is 54.4 Å². The van der Waals surface area contributed by atoms with Crippen LogP contribution in [0.4, 0.5) is 0 Å². The zero-order valence-corrected chi connectivity index (χ0v) is 17.7. The number of benzene rings is 1. The third kappa shape index (κ3) is 4.72. The normalized spacial score (nSPS) is 21.6. The Bertz CT molecular complexity index is 1000. The molecular formula is C20H24N4O3S2. The zero-order valence-electron chi connectivity index (χ0n) is 16.0. The van der Waals surface area contributed by atoms with E-state index in [0.29, 0.717) is 23.9 Å². The van der Waals surface area contributed by atoms with Crippen molar-refractivity contribution in [3.63, 3.8) is 0 Å². The molecule has 1 saturated heterocycles. The van der Waals surface area contributed by atoms with Gasteiger partial charge in [-0.05, 0) is 24.8 Å². The molecule has 4 rings (SSSR count). The van der Waals surface area contributed by atoms with E-state index in [4.69, 9.17) is 0 Å². The average Bonchev–Trinajstić information content (AvgIpc) is 3.32. The van der Waals surface area contributed by atoms with Gasteiger partial charge in [-0.1, -0.05) is 48.2 Å². The van der Waals surface area contributed by atoms with Gasteiger partial charge in [-0.2, -0.15) is 0 Å². The summed E-state index contributed by atoms with van der Waals surface area (Å²) in [6, 6.07) is 9.88. The summed E-state index contributed by atoms with van der Waals surface area (Å²) in [5.41, 5.74) is 0.897. The fourth-order valence-electron chi connectivity index (χ4n) is 3.50. The van der Waals surface area contributed by atoms with Crippen LogP contribution in [-0.2, 0) is 21.2 Å². The van der Waals surface area contributed by atoms with E-state index >= 15 is 0 Å². The molecule has 1 amide bonds. The van der Waals surface area contributed by atoms with Crippen molar-refractivity contribution in [1.29, 1.82) is 0 Å². The second kappa shape index (κ2) is 8.31. The molecule has 0 bridgehead atoms. The van der Waals surface area contributed by atoms with E-state index in [-0.39, 0.29) is 29.4 Å². The number of aromatic nitrogens is 3. The molecule has 2 atom stereocenters. The summed E-state index contributed by atoms with van der Waals surface area (Å²) < 4.78 is 25.7. The minimum atomic E-state index is -3.03. The van der Waals surface area contributed by atoms with Crippen LogP contribution in [0, 0.1) is 0 Å². The van der Waals surface area contributed by atoms with Crippen LogP contribution in [0.15, 0.2) is 48.1 Å². The zero-order chi connectivity index (χ0) is 20.4. The molecule has 1 aromatic carbocycles. The topological polar surface area (TPSA) is 93.9 Å². The van der Waals surface area contributed by atoms with Crippen LogP contribution < -0.4 is 5.32 Å². The molecule has 1 saturated carbocycles. The average molecular weight is 433 g/mol. The summed E-state index contributed by atoms with van der Waals surface area (Å²) in [5.74, 6) is 0.719. The summed E-state index contributed by atoms with van der Waals surface area (Å²) in [6.07, 6.45) is 4.32. The number of carbonyl (C=O) groups excluding carboxylic acids is 1. The fourth-order valence-corrected chi connectivity index (χ4v) is 6.30. The quantitative estimate of drug-likeness (QED) is 0.509. The Kier molecular flexibility index (Phi) is 5.78. The molecule has 154 valence electrons. The molecule has 2 heterocycles. The summed E-state index contributed by atoms with van der Waals surface area (Å²) >= 11 is 1.35. The van der Waals surface area contributed by atoms with Crippen LogP contribution in [0.3, 0.4) is 0 Å². The molecule has 1 N–H and O–H groups in total. The number of rotatable bonds is 8. The summed E-state index contributed by atoms with van der Waals surface area (Å²) in [7, 11) is -3.03. The molecular weight excluding hydrogens is 408 g/mol.